The fourth-order valence-corrected chi connectivity index (χ4v) is 4.98. The van der Waals surface area contributed by atoms with E-state index in [1.54, 1.807) is 0 Å². The lowest BCUT2D eigenvalue weighted by Crippen LogP contribution is -2.48. The SMILES string of the molecule is Cc1ccc2c(c1)CCN2C(=O)C1=CC(CN2CCN(c3ccccc3OC(C)C)CC2)ON1. The first-order valence-electron chi connectivity index (χ1n) is 12.3. The molecule has 0 radical (unpaired) electrons. The van der Waals surface area contributed by atoms with Crippen molar-refractivity contribution in [3.8, 4) is 5.75 Å². The van der Waals surface area contributed by atoms with E-state index >= 15 is 0 Å². The zero-order chi connectivity index (χ0) is 23.7. The van der Waals surface area contributed by atoms with Gasteiger partial charge in [0.15, 0.2) is 0 Å². The van der Waals surface area contributed by atoms with Crippen LogP contribution in [0, 0.1) is 6.92 Å². The molecule has 0 bridgehead atoms. The minimum Gasteiger partial charge on any atom is -0.489 e. The highest BCUT2D eigenvalue weighted by molar-refractivity contribution is 6.06. The minimum atomic E-state index is -0.137. The molecule has 1 saturated heterocycles. The van der Waals surface area contributed by atoms with Gasteiger partial charge in [-0.3, -0.25) is 20.0 Å². The average Bonchev–Trinajstić information content (AvgIpc) is 3.46. The Labute approximate surface area is 201 Å². The Morgan fingerprint density at radius 3 is 2.68 bits per heavy atom. The molecular weight excluding hydrogens is 428 g/mol. The van der Waals surface area contributed by atoms with Crippen molar-refractivity contribution in [1.82, 2.24) is 10.4 Å². The number of para-hydroxylation sites is 2. The van der Waals surface area contributed by atoms with Crippen molar-refractivity contribution in [1.29, 1.82) is 0 Å². The van der Waals surface area contributed by atoms with Gasteiger partial charge < -0.3 is 14.5 Å². The fourth-order valence-electron chi connectivity index (χ4n) is 4.98. The van der Waals surface area contributed by atoms with Crippen LogP contribution >= 0.6 is 0 Å². The largest absolute Gasteiger partial charge is 0.489 e. The molecule has 3 aliphatic heterocycles. The normalized spacial score (nSPS) is 20.4. The molecule has 1 fully saturated rings. The van der Waals surface area contributed by atoms with E-state index in [0.29, 0.717) is 12.2 Å². The number of nitrogens with one attached hydrogen (secondary N) is 1. The zero-order valence-electron chi connectivity index (χ0n) is 20.3. The van der Waals surface area contributed by atoms with Crippen LogP contribution in [0.3, 0.4) is 0 Å². The molecule has 1 unspecified atom stereocenters. The summed E-state index contributed by atoms with van der Waals surface area (Å²) in [7, 11) is 0. The minimum absolute atomic E-state index is 0.0170. The van der Waals surface area contributed by atoms with Crippen LogP contribution in [0.15, 0.2) is 54.2 Å². The number of hydrogen-bond acceptors (Lipinski definition) is 6. The number of piperazine rings is 1. The van der Waals surface area contributed by atoms with Gasteiger partial charge in [0.25, 0.3) is 5.91 Å². The Kier molecular flexibility index (Phi) is 6.48. The third-order valence-corrected chi connectivity index (χ3v) is 6.66. The van der Waals surface area contributed by atoms with Gasteiger partial charge in [-0.2, -0.15) is 0 Å². The molecule has 0 aliphatic carbocycles. The molecule has 0 saturated carbocycles. The van der Waals surface area contributed by atoms with E-state index in [9.17, 15) is 4.79 Å². The maximum atomic E-state index is 13.1. The van der Waals surface area contributed by atoms with Crippen LogP contribution in [0.4, 0.5) is 11.4 Å². The van der Waals surface area contributed by atoms with Gasteiger partial charge in [-0.15, -0.1) is 0 Å². The number of fused-ring (bicyclic) bond motifs is 1. The summed E-state index contributed by atoms with van der Waals surface area (Å²) in [6.07, 6.45) is 2.85. The van der Waals surface area contributed by atoms with E-state index in [1.807, 2.05) is 29.2 Å². The highest BCUT2D eigenvalue weighted by atomic mass is 16.7. The first-order valence-corrected chi connectivity index (χ1v) is 12.3. The summed E-state index contributed by atoms with van der Waals surface area (Å²) in [5.41, 5.74) is 8.07. The number of aryl methyl sites for hydroxylation is 1. The predicted octanol–water partition coefficient (Wildman–Crippen LogP) is 3.28. The molecule has 3 aliphatic rings. The number of carbonyl (C=O) groups is 1. The van der Waals surface area contributed by atoms with Crippen molar-refractivity contribution in [3.63, 3.8) is 0 Å². The van der Waals surface area contributed by atoms with Crippen LogP contribution in [0.5, 0.6) is 5.75 Å². The molecule has 0 spiro atoms. The highest BCUT2D eigenvalue weighted by Crippen LogP contribution is 2.31. The fraction of sp³-hybridized carbons (Fsp3) is 0.444. The first kappa shape index (κ1) is 22.7. The van der Waals surface area contributed by atoms with Gasteiger partial charge >= 0.3 is 0 Å². The lowest BCUT2D eigenvalue weighted by molar-refractivity contribution is -0.116. The van der Waals surface area contributed by atoms with Gasteiger partial charge in [0.1, 0.15) is 17.6 Å². The van der Waals surface area contributed by atoms with Crippen LogP contribution in [0.1, 0.15) is 25.0 Å². The number of rotatable bonds is 6. The van der Waals surface area contributed by atoms with Gasteiger partial charge in [-0.25, -0.2) is 0 Å². The van der Waals surface area contributed by atoms with Crippen LogP contribution in [0.2, 0.25) is 0 Å². The monoisotopic (exact) mass is 462 g/mol. The Balaban J connectivity index is 1.16. The summed E-state index contributed by atoms with van der Waals surface area (Å²) in [4.78, 5) is 25.5. The molecule has 3 heterocycles. The van der Waals surface area contributed by atoms with E-state index in [2.05, 4.69) is 60.3 Å². The summed E-state index contributed by atoms with van der Waals surface area (Å²) in [5, 5.41) is 0. The Morgan fingerprint density at radius 1 is 1.09 bits per heavy atom. The van der Waals surface area contributed by atoms with Crippen LogP contribution in [-0.4, -0.2) is 62.3 Å². The standard InChI is InChI=1S/C27H34N4O3/c1-19(2)33-26-7-5-4-6-25(26)30-14-12-29(13-15-30)18-22-17-23(28-34-22)27(32)31-11-10-21-16-20(3)8-9-24(21)31/h4-9,16-17,19,22,28H,10-15,18H2,1-3H3. The Morgan fingerprint density at radius 2 is 1.88 bits per heavy atom. The maximum absolute atomic E-state index is 13.1. The number of benzene rings is 2. The van der Waals surface area contributed by atoms with Gasteiger partial charge in [0, 0.05) is 45.0 Å². The number of ether oxygens (including phenoxy) is 1. The topological polar surface area (TPSA) is 57.3 Å². The lowest BCUT2D eigenvalue weighted by atomic mass is 10.1. The molecule has 5 rings (SSSR count). The van der Waals surface area contributed by atoms with Crippen molar-refractivity contribution >= 4 is 17.3 Å². The predicted molar refractivity (Wildman–Crippen MR) is 134 cm³/mol. The smallest absolute Gasteiger partial charge is 0.276 e. The number of nitrogens with zero attached hydrogens (tertiary/aromatic N) is 3. The van der Waals surface area contributed by atoms with Crippen molar-refractivity contribution in [3.05, 3.63) is 65.4 Å². The molecule has 7 nitrogen and oxygen atoms in total. The lowest BCUT2D eigenvalue weighted by Gasteiger charge is -2.37. The molecule has 0 aromatic heterocycles. The first-order chi connectivity index (χ1) is 16.5. The molecular formula is C27H34N4O3. The molecule has 180 valence electrons. The molecule has 1 amide bonds. The van der Waals surface area contributed by atoms with Gasteiger partial charge in [0.2, 0.25) is 0 Å². The van der Waals surface area contributed by atoms with E-state index in [1.165, 1.54) is 11.1 Å². The zero-order valence-corrected chi connectivity index (χ0v) is 20.3. The second-order valence-electron chi connectivity index (χ2n) is 9.60. The Hall–Kier alpha value is -3.03. The van der Waals surface area contributed by atoms with Crippen LogP contribution in [0.25, 0.3) is 0 Å². The number of anilines is 2. The van der Waals surface area contributed by atoms with Crippen molar-refractivity contribution in [2.75, 3.05) is 49.1 Å². The summed E-state index contributed by atoms with van der Waals surface area (Å²) in [6, 6.07) is 14.6. The van der Waals surface area contributed by atoms with Crippen molar-refractivity contribution in [2.45, 2.75) is 39.4 Å². The quantitative estimate of drug-likeness (QED) is 0.711. The van der Waals surface area contributed by atoms with Crippen LogP contribution in [-0.2, 0) is 16.1 Å². The number of hydrogen-bond donors (Lipinski definition) is 1. The Bertz CT molecular complexity index is 1080. The molecule has 1 N–H and O–H groups in total. The van der Waals surface area contributed by atoms with Crippen molar-refractivity contribution < 1.29 is 14.4 Å². The molecule has 34 heavy (non-hydrogen) atoms. The van der Waals surface area contributed by atoms with E-state index in [-0.39, 0.29) is 18.1 Å². The van der Waals surface area contributed by atoms with E-state index in [4.69, 9.17) is 9.57 Å². The summed E-state index contributed by atoms with van der Waals surface area (Å²) >= 11 is 0. The molecule has 2 aromatic carbocycles. The average molecular weight is 463 g/mol. The van der Waals surface area contributed by atoms with Crippen molar-refractivity contribution in [2.24, 2.45) is 0 Å². The van der Waals surface area contributed by atoms with Gasteiger partial charge in [-0.05, 0) is 57.0 Å². The number of amides is 1. The molecule has 2 aromatic rings. The highest BCUT2D eigenvalue weighted by Gasteiger charge is 2.31. The van der Waals surface area contributed by atoms with E-state index in [0.717, 1.165) is 56.3 Å². The van der Waals surface area contributed by atoms with Crippen LogP contribution < -0.4 is 20.0 Å². The third-order valence-electron chi connectivity index (χ3n) is 6.66. The summed E-state index contributed by atoms with van der Waals surface area (Å²) < 4.78 is 6.01. The van der Waals surface area contributed by atoms with Gasteiger partial charge in [0.05, 0.1) is 11.8 Å². The number of carbonyl (C=O) groups excluding carboxylic acids is 1. The molecule has 7 heteroatoms. The van der Waals surface area contributed by atoms with E-state index < -0.39 is 0 Å². The second kappa shape index (κ2) is 9.68. The maximum Gasteiger partial charge on any atom is 0.276 e. The molecule has 1 atom stereocenters. The third kappa shape index (κ3) is 4.76. The summed E-state index contributed by atoms with van der Waals surface area (Å²) in [5.74, 6) is 0.927. The van der Waals surface area contributed by atoms with Gasteiger partial charge in [-0.1, -0.05) is 29.8 Å². The summed E-state index contributed by atoms with van der Waals surface area (Å²) in [6.45, 7) is 11.4. The number of hydroxylamine groups is 1. The second-order valence-corrected chi connectivity index (χ2v) is 9.60.